The Kier molecular flexibility index (Phi) is 5.38. The van der Waals surface area contributed by atoms with Crippen molar-refractivity contribution in [1.29, 1.82) is 0 Å². The average molecular weight is 283 g/mol. The van der Waals surface area contributed by atoms with E-state index in [1.165, 1.54) is 0 Å². The summed E-state index contributed by atoms with van der Waals surface area (Å²) in [6.07, 6.45) is 2.13. The molecular weight excluding hydrogens is 262 g/mol. The predicted octanol–water partition coefficient (Wildman–Crippen LogP) is 4.43. The van der Waals surface area contributed by atoms with Crippen molar-refractivity contribution in [3.63, 3.8) is 0 Å². The van der Waals surface area contributed by atoms with Gasteiger partial charge in [-0.3, -0.25) is 4.79 Å². The first kappa shape index (κ1) is 15.1. The Balaban J connectivity index is 2.00. The summed E-state index contributed by atoms with van der Waals surface area (Å²) in [6.45, 7) is 4.83. The highest BCUT2D eigenvalue weighted by Crippen LogP contribution is 2.18. The van der Waals surface area contributed by atoms with Crippen LogP contribution in [0.5, 0.6) is 5.75 Å². The first-order chi connectivity index (χ1) is 10.2. The number of amides is 1. The fraction of sp³-hybridized carbons (Fsp3) is 0.278. The number of aryl methyl sites for hydroxylation is 1. The number of ether oxygens (including phenoxy) is 1. The lowest BCUT2D eigenvalue weighted by Crippen LogP contribution is -2.11. The van der Waals surface area contributed by atoms with Crippen LogP contribution in [0, 0.1) is 6.92 Å². The zero-order chi connectivity index (χ0) is 15.1. The quantitative estimate of drug-likeness (QED) is 0.797. The van der Waals surface area contributed by atoms with Gasteiger partial charge in [0, 0.05) is 17.3 Å². The average Bonchev–Trinajstić information content (AvgIpc) is 2.48. The highest BCUT2D eigenvalue weighted by atomic mass is 16.5. The van der Waals surface area contributed by atoms with Crippen LogP contribution < -0.4 is 10.1 Å². The zero-order valence-electron chi connectivity index (χ0n) is 12.6. The summed E-state index contributed by atoms with van der Waals surface area (Å²) in [4.78, 5) is 12.1. The van der Waals surface area contributed by atoms with Crippen LogP contribution >= 0.6 is 0 Å². The molecule has 0 atom stereocenters. The molecule has 0 aliphatic carbocycles. The Labute approximate surface area is 126 Å². The summed E-state index contributed by atoms with van der Waals surface area (Å²) in [5.74, 6) is 0.672. The van der Waals surface area contributed by atoms with Crippen LogP contribution in [0.2, 0.25) is 0 Å². The molecule has 1 N–H and O–H groups in total. The van der Waals surface area contributed by atoms with Gasteiger partial charge < -0.3 is 10.1 Å². The lowest BCUT2D eigenvalue weighted by atomic mass is 10.1. The van der Waals surface area contributed by atoms with E-state index < -0.39 is 0 Å². The second-order valence-corrected chi connectivity index (χ2v) is 5.05. The number of rotatable bonds is 6. The summed E-state index contributed by atoms with van der Waals surface area (Å²) < 4.78 is 5.64. The van der Waals surface area contributed by atoms with E-state index in [1.54, 1.807) is 0 Å². The number of carbonyl (C=O) groups excluding carboxylic acids is 1. The van der Waals surface area contributed by atoms with Gasteiger partial charge in [-0.2, -0.15) is 0 Å². The van der Waals surface area contributed by atoms with Crippen molar-refractivity contribution < 1.29 is 9.53 Å². The van der Waals surface area contributed by atoms with Crippen LogP contribution in [0.4, 0.5) is 5.69 Å². The molecule has 0 aliphatic heterocycles. The monoisotopic (exact) mass is 283 g/mol. The Morgan fingerprint density at radius 2 is 1.90 bits per heavy atom. The third-order valence-electron chi connectivity index (χ3n) is 3.17. The molecule has 110 valence electrons. The van der Waals surface area contributed by atoms with Gasteiger partial charge >= 0.3 is 0 Å². The van der Waals surface area contributed by atoms with Gasteiger partial charge in [-0.05, 0) is 37.6 Å². The second-order valence-electron chi connectivity index (χ2n) is 5.05. The van der Waals surface area contributed by atoms with Crippen molar-refractivity contribution >= 4 is 11.6 Å². The zero-order valence-corrected chi connectivity index (χ0v) is 12.6. The van der Waals surface area contributed by atoms with Crippen molar-refractivity contribution in [2.24, 2.45) is 0 Å². The number of carbonyl (C=O) groups is 1. The van der Waals surface area contributed by atoms with E-state index in [0.29, 0.717) is 12.2 Å². The first-order valence-electron chi connectivity index (χ1n) is 7.30. The van der Waals surface area contributed by atoms with Gasteiger partial charge in [0.05, 0.1) is 6.61 Å². The van der Waals surface area contributed by atoms with Gasteiger partial charge in [-0.15, -0.1) is 0 Å². The maximum Gasteiger partial charge on any atom is 0.255 e. The number of anilines is 1. The van der Waals surface area contributed by atoms with E-state index in [1.807, 2.05) is 55.5 Å². The molecule has 0 saturated heterocycles. The third-order valence-corrected chi connectivity index (χ3v) is 3.17. The lowest BCUT2D eigenvalue weighted by molar-refractivity contribution is 0.102. The summed E-state index contributed by atoms with van der Waals surface area (Å²) in [5, 5.41) is 2.89. The van der Waals surface area contributed by atoms with Crippen LogP contribution in [0.25, 0.3) is 0 Å². The van der Waals surface area contributed by atoms with E-state index >= 15 is 0 Å². The second kappa shape index (κ2) is 7.48. The minimum atomic E-state index is -0.110. The van der Waals surface area contributed by atoms with E-state index in [4.69, 9.17) is 4.74 Å². The molecule has 0 unspecified atom stereocenters. The van der Waals surface area contributed by atoms with Gasteiger partial charge in [0.25, 0.3) is 5.91 Å². The molecule has 0 spiro atoms. The van der Waals surface area contributed by atoms with E-state index in [2.05, 4.69) is 12.2 Å². The first-order valence-corrected chi connectivity index (χ1v) is 7.30. The molecule has 0 saturated carbocycles. The molecular formula is C18H21NO2. The minimum absolute atomic E-state index is 0.110. The van der Waals surface area contributed by atoms with Crippen LogP contribution in [0.15, 0.2) is 48.5 Å². The van der Waals surface area contributed by atoms with E-state index in [-0.39, 0.29) is 5.91 Å². The smallest absolute Gasteiger partial charge is 0.255 e. The normalized spacial score (nSPS) is 10.2. The van der Waals surface area contributed by atoms with Gasteiger partial charge in [0.15, 0.2) is 0 Å². The van der Waals surface area contributed by atoms with Crippen molar-refractivity contribution in [3.8, 4) is 5.75 Å². The summed E-state index contributed by atoms with van der Waals surface area (Å²) >= 11 is 0. The summed E-state index contributed by atoms with van der Waals surface area (Å²) in [7, 11) is 0. The molecule has 2 rings (SSSR count). The highest BCUT2D eigenvalue weighted by molar-refractivity contribution is 6.04. The molecule has 2 aromatic carbocycles. The number of unbranched alkanes of at least 4 members (excludes halogenated alkanes) is 1. The largest absolute Gasteiger partial charge is 0.494 e. The Morgan fingerprint density at radius 1 is 1.14 bits per heavy atom. The molecule has 3 nitrogen and oxygen atoms in total. The predicted molar refractivity (Wildman–Crippen MR) is 86.0 cm³/mol. The molecule has 0 bridgehead atoms. The Bertz CT molecular complexity index is 590. The Hall–Kier alpha value is -2.29. The molecule has 2 aromatic rings. The number of nitrogens with one attached hydrogen (secondary N) is 1. The number of hydrogen-bond acceptors (Lipinski definition) is 2. The summed E-state index contributed by atoms with van der Waals surface area (Å²) in [6, 6.07) is 15.0. The molecule has 0 aliphatic rings. The van der Waals surface area contributed by atoms with Crippen LogP contribution in [-0.2, 0) is 0 Å². The molecule has 0 heterocycles. The van der Waals surface area contributed by atoms with Gasteiger partial charge in [-0.1, -0.05) is 37.1 Å². The number of hydrogen-bond donors (Lipinski definition) is 1. The van der Waals surface area contributed by atoms with E-state index in [9.17, 15) is 4.79 Å². The topological polar surface area (TPSA) is 38.3 Å². The number of benzene rings is 2. The van der Waals surface area contributed by atoms with Crippen LogP contribution in [0.1, 0.15) is 35.7 Å². The van der Waals surface area contributed by atoms with Crippen LogP contribution in [0.3, 0.4) is 0 Å². The van der Waals surface area contributed by atoms with Gasteiger partial charge in [0.2, 0.25) is 0 Å². The van der Waals surface area contributed by atoms with Crippen LogP contribution in [-0.4, -0.2) is 12.5 Å². The van der Waals surface area contributed by atoms with Crippen molar-refractivity contribution in [3.05, 3.63) is 59.7 Å². The maximum absolute atomic E-state index is 12.1. The van der Waals surface area contributed by atoms with Gasteiger partial charge in [-0.25, -0.2) is 0 Å². The highest BCUT2D eigenvalue weighted by Gasteiger charge is 2.06. The molecule has 3 heteroatoms. The third kappa shape index (κ3) is 4.63. The molecule has 0 aromatic heterocycles. The lowest BCUT2D eigenvalue weighted by Gasteiger charge is -2.09. The Morgan fingerprint density at radius 3 is 2.62 bits per heavy atom. The fourth-order valence-electron chi connectivity index (χ4n) is 1.91. The molecule has 1 amide bonds. The molecule has 0 radical (unpaired) electrons. The molecule has 21 heavy (non-hydrogen) atoms. The van der Waals surface area contributed by atoms with Crippen molar-refractivity contribution in [2.45, 2.75) is 26.7 Å². The molecule has 0 fully saturated rings. The van der Waals surface area contributed by atoms with Crippen molar-refractivity contribution in [2.75, 3.05) is 11.9 Å². The maximum atomic E-state index is 12.1. The summed E-state index contributed by atoms with van der Waals surface area (Å²) in [5.41, 5.74) is 2.53. The SMILES string of the molecule is CCCCOc1cccc(NC(=O)c2ccc(C)cc2)c1. The van der Waals surface area contributed by atoms with Gasteiger partial charge in [0.1, 0.15) is 5.75 Å². The fourth-order valence-corrected chi connectivity index (χ4v) is 1.91. The standard InChI is InChI=1S/C18H21NO2/c1-3-4-12-21-17-7-5-6-16(13-17)19-18(20)15-10-8-14(2)9-11-15/h5-11,13H,3-4,12H2,1-2H3,(H,19,20). The van der Waals surface area contributed by atoms with Crippen molar-refractivity contribution in [1.82, 2.24) is 0 Å². The minimum Gasteiger partial charge on any atom is -0.494 e. The van der Waals surface area contributed by atoms with E-state index in [0.717, 1.165) is 29.8 Å².